The number of nitrogens with two attached hydrogens (primary N) is 2. The first-order valence-corrected chi connectivity index (χ1v) is 5.43. The summed E-state index contributed by atoms with van der Waals surface area (Å²) in [5, 5.41) is 0. The number of pyridine rings is 1. The molecule has 5 heteroatoms. The fourth-order valence-electron chi connectivity index (χ4n) is 1.66. The molecule has 2 rings (SSSR count). The Labute approximate surface area is 100 Å². The zero-order chi connectivity index (χ0) is 12.4. The van der Waals surface area contributed by atoms with Crippen LogP contribution in [0.5, 0.6) is 0 Å². The third-order valence-corrected chi connectivity index (χ3v) is 2.79. The van der Waals surface area contributed by atoms with Crippen LogP contribution < -0.4 is 20.6 Å². The van der Waals surface area contributed by atoms with Gasteiger partial charge in [-0.2, -0.15) is 0 Å². The average Bonchev–Trinajstić information content (AvgIpc) is 2.29. The lowest BCUT2D eigenvalue weighted by Crippen LogP contribution is -2.40. The molecule has 0 bridgehead atoms. The number of nitrogen functional groups attached to an aromatic ring is 2. The Kier molecular flexibility index (Phi) is 2.91. The zero-order valence-corrected chi connectivity index (χ0v) is 10.1. The molecule has 5 nitrogen and oxygen atoms in total. The van der Waals surface area contributed by atoms with E-state index in [1.807, 2.05) is 53.7 Å². The number of anilines is 2. The molecule has 0 saturated carbocycles. The minimum atomic E-state index is 0.552. The quantitative estimate of drug-likeness (QED) is 0.698. The second kappa shape index (κ2) is 4.37. The van der Waals surface area contributed by atoms with Crippen molar-refractivity contribution >= 4 is 11.6 Å². The fourth-order valence-corrected chi connectivity index (χ4v) is 1.66. The lowest BCUT2D eigenvalue weighted by Gasteiger charge is -2.04. The lowest BCUT2D eigenvalue weighted by molar-refractivity contribution is -0.690. The van der Waals surface area contributed by atoms with E-state index < -0.39 is 0 Å². The Balaban J connectivity index is 2.37. The Morgan fingerprint density at radius 3 is 2.76 bits per heavy atom. The van der Waals surface area contributed by atoms with Crippen LogP contribution >= 0.6 is 0 Å². The van der Waals surface area contributed by atoms with Crippen LogP contribution in [0.4, 0.5) is 11.6 Å². The molecule has 4 N–H and O–H groups in total. The van der Waals surface area contributed by atoms with E-state index in [9.17, 15) is 0 Å². The Hall–Kier alpha value is -2.17. The van der Waals surface area contributed by atoms with Crippen molar-refractivity contribution in [2.24, 2.45) is 7.05 Å². The van der Waals surface area contributed by atoms with Crippen molar-refractivity contribution in [2.75, 3.05) is 11.5 Å². The molecule has 0 radical (unpaired) electrons. The number of aromatic nitrogens is 3. The van der Waals surface area contributed by atoms with Crippen LogP contribution in [0.3, 0.4) is 0 Å². The molecular weight excluding hydrogens is 214 g/mol. The number of nitrogens with zero attached hydrogens (tertiary/aromatic N) is 3. The van der Waals surface area contributed by atoms with Gasteiger partial charge >= 0.3 is 0 Å². The molecule has 0 spiro atoms. The molecule has 2 aromatic heterocycles. The lowest BCUT2D eigenvalue weighted by atomic mass is 10.3. The van der Waals surface area contributed by atoms with E-state index in [4.69, 9.17) is 11.5 Å². The van der Waals surface area contributed by atoms with Gasteiger partial charge in [0.1, 0.15) is 18.3 Å². The Morgan fingerprint density at radius 1 is 1.29 bits per heavy atom. The minimum absolute atomic E-state index is 0.552. The van der Waals surface area contributed by atoms with Crippen LogP contribution in [0.1, 0.15) is 11.4 Å². The standard InChI is InChI=1S/C12H15N5/c1-9-15-12(14)10(7-16(9)2)8-17-6-4-3-5-11(17)13/h3-7,13-14H,8H2,1-2H3/p+2. The molecule has 0 aliphatic rings. The molecule has 88 valence electrons. The van der Waals surface area contributed by atoms with Gasteiger partial charge in [0, 0.05) is 13.0 Å². The Morgan fingerprint density at radius 2 is 2.06 bits per heavy atom. The molecule has 17 heavy (non-hydrogen) atoms. The topological polar surface area (TPSA) is 72.7 Å². The normalized spacial score (nSPS) is 10.5. The van der Waals surface area contributed by atoms with Crippen molar-refractivity contribution in [3.8, 4) is 0 Å². The van der Waals surface area contributed by atoms with Crippen LogP contribution in [-0.2, 0) is 13.6 Å². The van der Waals surface area contributed by atoms with Crippen molar-refractivity contribution < 1.29 is 9.13 Å². The summed E-state index contributed by atoms with van der Waals surface area (Å²) in [6.07, 6.45) is 3.91. The molecule has 0 fully saturated rings. The third-order valence-electron chi connectivity index (χ3n) is 2.79. The van der Waals surface area contributed by atoms with Crippen LogP contribution in [-0.4, -0.2) is 4.98 Å². The summed E-state index contributed by atoms with van der Waals surface area (Å²) < 4.78 is 3.88. The maximum absolute atomic E-state index is 5.91. The average molecular weight is 231 g/mol. The van der Waals surface area contributed by atoms with E-state index in [1.165, 1.54) is 0 Å². The first-order chi connectivity index (χ1) is 8.08. The van der Waals surface area contributed by atoms with Crippen molar-refractivity contribution in [2.45, 2.75) is 13.5 Å². The molecule has 2 aromatic rings. The summed E-state index contributed by atoms with van der Waals surface area (Å²) in [6, 6.07) is 5.70. The first-order valence-electron chi connectivity index (χ1n) is 5.43. The van der Waals surface area contributed by atoms with Gasteiger partial charge in [-0.05, 0) is 11.1 Å². The van der Waals surface area contributed by atoms with E-state index in [0.29, 0.717) is 18.2 Å². The van der Waals surface area contributed by atoms with E-state index in [1.54, 1.807) is 0 Å². The minimum Gasteiger partial charge on any atom is -0.362 e. The number of hydrogen-bond donors (Lipinski definition) is 2. The predicted octanol–water partition coefficient (Wildman–Crippen LogP) is -0.285. The molecule has 0 amide bonds. The fraction of sp³-hybridized carbons (Fsp3) is 0.250. The van der Waals surface area contributed by atoms with Gasteiger partial charge in [0.2, 0.25) is 5.82 Å². The van der Waals surface area contributed by atoms with E-state index in [-0.39, 0.29) is 0 Å². The predicted molar refractivity (Wildman–Crippen MR) is 64.7 cm³/mol. The van der Waals surface area contributed by atoms with Gasteiger partial charge in [-0.3, -0.25) is 5.73 Å². The van der Waals surface area contributed by atoms with Crippen LogP contribution in [0.15, 0.2) is 30.6 Å². The van der Waals surface area contributed by atoms with Crippen molar-refractivity contribution in [1.29, 1.82) is 0 Å². The summed E-state index contributed by atoms with van der Waals surface area (Å²) >= 11 is 0. The highest BCUT2D eigenvalue weighted by atomic mass is 15.1. The highest BCUT2D eigenvalue weighted by molar-refractivity contribution is 5.35. The highest BCUT2D eigenvalue weighted by Crippen LogP contribution is 2.06. The maximum Gasteiger partial charge on any atom is 0.297 e. The molecular formula is C12H17N5+2. The number of rotatable bonds is 2. The van der Waals surface area contributed by atoms with Crippen molar-refractivity contribution in [3.05, 3.63) is 42.0 Å². The van der Waals surface area contributed by atoms with E-state index in [0.717, 1.165) is 11.4 Å². The van der Waals surface area contributed by atoms with Crippen LogP contribution in [0.2, 0.25) is 0 Å². The van der Waals surface area contributed by atoms with Gasteiger partial charge < -0.3 is 5.73 Å². The number of hydrogen-bond acceptors (Lipinski definition) is 3. The molecule has 2 heterocycles. The Bertz CT molecular complexity index is 551. The molecule has 0 saturated heterocycles. The van der Waals surface area contributed by atoms with Gasteiger partial charge in [0.05, 0.1) is 13.2 Å². The largest absolute Gasteiger partial charge is 0.362 e. The monoisotopic (exact) mass is 231 g/mol. The summed E-state index contributed by atoms with van der Waals surface area (Å²) in [6.45, 7) is 2.55. The smallest absolute Gasteiger partial charge is 0.297 e. The summed E-state index contributed by atoms with van der Waals surface area (Å²) in [5.41, 5.74) is 12.8. The van der Waals surface area contributed by atoms with E-state index in [2.05, 4.69) is 4.98 Å². The summed E-state index contributed by atoms with van der Waals surface area (Å²) in [5.74, 6) is 2.14. The van der Waals surface area contributed by atoms with E-state index >= 15 is 0 Å². The van der Waals surface area contributed by atoms with Gasteiger partial charge in [-0.25, -0.2) is 9.13 Å². The second-order valence-electron chi connectivity index (χ2n) is 4.06. The first kappa shape index (κ1) is 11.3. The molecule has 0 aliphatic heterocycles. The molecule has 0 atom stereocenters. The van der Waals surface area contributed by atoms with Gasteiger partial charge in [0.25, 0.3) is 11.6 Å². The van der Waals surface area contributed by atoms with Crippen LogP contribution in [0.25, 0.3) is 0 Å². The zero-order valence-electron chi connectivity index (χ0n) is 10.1. The summed E-state index contributed by atoms with van der Waals surface area (Å²) in [4.78, 5) is 4.29. The second-order valence-corrected chi connectivity index (χ2v) is 4.06. The number of aryl methyl sites for hydroxylation is 2. The van der Waals surface area contributed by atoms with Crippen LogP contribution in [0, 0.1) is 6.92 Å². The van der Waals surface area contributed by atoms with Crippen molar-refractivity contribution in [3.63, 3.8) is 0 Å². The SMILES string of the molecule is Cc1nc(N)c(C[n+]2ccccc2N)c[n+]1C. The molecule has 0 aromatic carbocycles. The van der Waals surface area contributed by atoms with Gasteiger partial charge in [0.15, 0.2) is 0 Å². The van der Waals surface area contributed by atoms with Gasteiger partial charge in [-0.1, -0.05) is 6.07 Å². The molecule has 0 unspecified atom stereocenters. The third kappa shape index (κ3) is 2.33. The maximum atomic E-state index is 5.91. The molecule has 0 aliphatic carbocycles. The highest BCUT2D eigenvalue weighted by Gasteiger charge is 2.15. The van der Waals surface area contributed by atoms with Crippen molar-refractivity contribution in [1.82, 2.24) is 4.98 Å². The van der Waals surface area contributed by atoms with Gasteiger partial charge in [-0.15, -0.1) is 0 Å². The summed E-state index contributed by atoms with van der Waals surface area (Å²) in [7, 11) is 1.95.